The molecule has 1 fully saturated rings. The van der Waals surface area contributed by atoms with Gasteiger partial charge in [-0.05, 0) is 6.07 Å². The number of rotatable bonds is 3. The number of carbonyl (C=O) groups excluding carboxylic acids is 1. The lowest BCUT2D eigenvalue weighted by molar-refractivity contribution is 0.0963. The lowest BCUT2D eigenvalue weighted by atomic mass is 10.2. The van der Waals surface area contributed by atoms with E-state index in [9.17, 15) is 9.18 Å². The van der Waals surface area contributed by atoms with Crippen LogP contribution in [0.4, 0.5) is 10.1 Å². The Hall–Kier alpha value is -1.65. The summed E-state index contributed by atoms with van der Waals surface area (Å²) in [5.41, 5.74) is 1.08. The molecule has 1 aliphatic rings. The van der Waals surface area contributed by atoms with Gasteiger partial charge in [0.1, 0.15) is 6.17 Å². The summed E-state index contributed by atoms with van der Waals surface area (Å²) < 4.78 is 12.7. The number of pyridine rings is 1. The molecule has 0 saturated heterocycles. The predicted octanol–water partition coefficient (Wildman–Crippen LogP) is 0.964. The van der Waals surface area contributed by atoms with E-state index in [2.05, 4.69) is 15.6 Å². The number of nitrogens with one attached hydrogen (secondary N) is 2. The minimum atomic E-state index is -0.796. The zero-order chi connectivity index (χ0) is 10.8. The molecule has 1 aliphatic carbocycles. The lowest BCUT2D eigenvalue weighted by Gasteiger charge is -2.09. The zero-order valence-corrected chi connectivity index (χ0v) is 8.33. The molecule has 15 heavy (non-hydrogen) atoms. The van der Waals surface area contributed by atoms with Gasteiger partial charge in [0.2, 0.25) is 0 Å². The molecule has 0 bridgehead atoms. The molecule has 2 N–H and O–H groups in total. The summed E-state index contributed by atoms with van der Waals surface area (Å²) in [6, 6.07) is 1.52. The zero-order valence-electron chi connectivity index (χ0n) is 8.33. The smallest absolute Gasteiger partial charge is 0.254 e. The molecule has 1 amide bonds. The van der Waals surface area contributed by atoms with Crippen LogP contribution >= 0.6 is 0 Å². The van der Waals surface area contributed by atoms with Gasteiger partial charge in [0.05, 0.1) is 17.3 Å². The Morgan fingerprint density at radius 3 is 3.00 bits per heavy atom. The third-order valence-electron chi connectivity index (χ3n) is 2.35. The highest BCUT2D eigenvalue weighted by Crippen LogP contribution is 2.30. The van der Waals surface area contributed by atoms with Crippen LogP contribution < -0.4 is 10.6 Å². The first kappa shape index (κ1) is 9.89. The Morgan fingerprint density at radius 1 is 1.67 bits per heavy atom. The van der Waals surface area contributed by atoms with Gasteiger partial charge in [-0.1, -0.05) is 0 Å². The summed E-state index contributed by atoms with van der Waals surface area (Å²) in [4.78, 5) is 15.3. The molecule has 2 rings (SSSR count). The van der Waals surface area contributed by atoms with E-state index < -0.39 is 6.17 Å². The van der Waals surface area contributed by atoms with Crippen molar-refractivity contribution in [2.75, 3.05) is 12.4 Å². The molecular formula is C10H12FN3O. The standard InChI is InChI=1S/C10H12FN3O/c1-12-10(15)6-5-13-3-2-8(6)14-9-4-7(9)11/h2-3,5,7,9H,4H2,1H3,(H,12,15)(H,13,14)/t7-,9+/m1/s1. The molecular weight excluding hydrogens is 197 g/mol. The van der Waals surface area contributed by atoms with Crippen LogP contribution in [0.3, 0.4) is 0 Å². The summed E-state index contributed by atoms with van der Waals surface area (Å²) in [5, 5.41) is 5.49. The molecule has 80 valence electrons. The highest BCUT2D eigenvalue weighted by atomic mass is 19.1. The highest BCUT2D eigenvalue weighted by molar-refractivity contribution is 5.99. The summed E-state index contributed by atoms with van der Waals surface area (Å²) in [6.45, 7) is 0. The summed E-state index contributed by atoms with van der Waals surface area (Å²) in [7, 11) is 1.55. The molecule has 1 saturated carbocycles. The van der Waals surface area contributed by atoms with E-state index in [0.29, 0.717) is 17.7 Å². The first-order chi connectivity index (χ1) is 7.22. The van der Waals surface area contributed by atoms with Crippen molar-refractivity contribution in [2.45, 2.75) is 18.6 Å². The molecule has 0 aliphatic heterocycles. The van der Waals surface area contributed by atoms with Crippen molar-refractivity contribution in [3.8, 4) is 0 Å². The number of halogens is 1. The largest absolute Gasteiger partial charge is 0.379 e. The monoisotopic (exact) mass is 209 g/mol. The summed E-state index contributed by atoms with van der Waals surface area (Å²) in [6.07, 6.45) is 2.76. The van der Waals surface area contributed by atoms with Crippen molar-refractivity contribution in [1.29, 1.82) is 0 Å². The SMILES string of the molecule is CNC(=O)c1cnccc1N[C@H]1C[C@H]1F. The van der Waals surface area contributed by atoms with Crippen LogP contribution in [0.2, 0.25) is 0 Å². The number of hydrogen-bond acceptors (Lipinski definition) is 3. The van der Waals surface area contributed by atoms with Crippen molar-refractivity contribution >= 4 is 11.6 Å². The maximum absolute atomic E-state index is 12.7. The van der Waals surface area contributed by atoms with E-state index in [1.807, 2.05) is 0 Å². The van der Waals surface area contributed by atoms with E-state index in [0.717, 1.165) is 0 Å². The second kappa shape index (κ2) is 3.84. The van der Waals surface area contributed by atoms with Gasteiger partial charge in [0.25, 0.3) is 5.91 Å². The number of alkyl halides is 1. The van der Waals surface area contributed by atoms with E-state index in [1.165, 1.54) is 6.20 Å². The minimum absolute atomic E-state index is 0.157. The Bertz CT molecular complexity index is 383. The molecule has 2 atom stereocenters. The topological polar surface area (TPSA) is 54.0 Å². The summed E-state index contributed by atoms with van der Waals surface area (Å²) >= 11 is 0. The van der Waals surface area contributed by atoms with Gasteiger partial charge in [0, 0.05) is 25.9 Å². The predicted molar refractivity (Wildman–Crippen MR) is 54.6 cm³/mol. The third kappa shape index (κ3) is 2.06. The van der Waals surface area contributed by atoms with Gasteiger partial charge in [-0.15, -0.1) is 0 Å². The normalized spacial score (nSPS) is 23.3. The minimum Gasteiger partial charge on any atom is -0.379 e. The molecule has 1 aromatic rings. The maximum atomic E-state index is 12.7. The second-order valence-electron chi connectivity index (χ2n) is 3.50. The third-order valence-corrected chi connectivity index (χ3v) is 2.35. The van der Waals surface area contributed by atoms with Gasteiger partial charge >= 0.3 is 0 Å². The molecule has 1 heterocycles. The van der Waals surface area contributed by atoms with E-state index in [4.69, 9.17) is 0 Å². The maximum Gasteiger partial charge on any atom is 0.254 e. The molecule has 0 radical (unpaired) electrons. The molecule has 4 nitrogen and oxygen atoms in total. The van der Waals surface area contributed by atoms with Gasteiger partial charge in [-0.3, -0.25) is 9.78 Å². The van der Waals surface area contributed by atoms with Crippen molar-refractivity contribution in [3.63, 3.8) is 0 Å². The average Bonchev–Trinajstić information content (AvgIpc) is 2.94. The number of carbonyl (C=O) groups is 1. The molecule has 1 aromatic heterocycles. The van der Waals surface area contributed by atoms with Crippen molar-refractivity contribution in [1.82, 2.24) is 10.3 Å². The van der Waals surface area contributed by atoms with E-state index in [1.54, 1.807) is 19.3 Å². The van der Waals surface area contributed by atoms with Crippen LogP contribution in [-0.4, -0.2) is 30.2 Å². The van der Waals surface area contributed by atoms with Crippen LogP contribution in [0.1, 0.15) is 16.8 Å². The van der Waals surface area contributed by atoms with Crippen molar-refractivity contribution in [2.24, 2.45) is 0 Å². The van der Waals surface area contributed by atoms with Crippen LogP contribution in [-0.2, 0) is 0 Å². The van der Waals surface area contributed by atoms with Crippen LogP contribution in [0.15, 0.2) is 18.5 Å². The van der Waals surface area contributed by atoms with Crippen LogP contribution in [0.25, 0.3) is 0 Å². The molecule has 0 aromatic carbocycles. The van der Waals surface area contributed by atoms with Gasteiger partial charge < -0.3 is 10.6 Å². The lowest BCUT2D eigenvalue weighted by Crippen LogP contribution is -2.20. The van der Waals surface area contributed by atoms with Crippen molar-refractivity contribution in [3.05, 3.63) is 24.0 Å². The van der Waals surface area contributed by atoms with Gasteiger partial charge in [0.15, 0.2) is 0 Å². The molecule has 5 heteroatoms. The molecule has 0 unspecified atom stereocenters. The Kier molecular flexibility index (Phi) is 2.53. The number of nitrogens with zero attached hydrogens (tertiary/aromatic N) is 1. The van der Waals surface area contributed by atoms with Crippen molar-refractivity contribution < 1.29 is 9.18 Å². The van der Waals surface area contributed by atoms with Gasteiger partial charge in [-0.2, -0.15) is 0 Å². The quantitative estimate of drug-likeness (QED) is 0.779. The Morgan fingerprint density at radius 2 is 2.40 bits per heavy atom. The Labute approximate surface area is 86.9 Å². The average molecular weight is 209 g/mol. The number of hydrogen-bond donors (Lipinski definition) is 2. The summed E-state index contributed by atoms with van der Waals surface area (Å²) in [5.74, 6) is -0.221. The number of aromatic nitrogens is 1. The van der Waals surface area contributed by atoms with E-state index in [-0.39, 0.29) is 11.9 Å². The fourth-order valence-corrected chi connectivity index (χ4v) is 1.35. The number of amides is 1. The number of anilines is 1. The Balaban J connectivity index is 2.18. The van der Waals surface area contributed by atoms with E-state index >= 15 is 0 Å². The van der Waals surface area contributed by atoms with Crippen LogP contribution in [0.5, 0.6) is 0 Å². The first-order valence-electron chi connectivity index (χ1n) is 4.79. The fraction of sp³-hybridized carbons (Fsp3) is 0.400. The van der Waals surface area contributed by atoms with Gasteiger partial charge in [-0.25, -0.2) is 4.39 Å². The fourth-order valence-electron chi connectivity index (χ4n) is 1.35. The second-order valence-corrected chi connectivity index (χ2v) is 3.50. The molecule has 0 spiro atoms. The van der Waals surface area contributed by atoms with Crippen LogP contribution in [0, 0.1) is 0 Å². The highest BCUT2D eigenvalue weighted by Gasteiger charge is 2.37. The first-order valence-corrected chi connectivity index (χ1v) is 4.79.